The van der Waals surface area contributed by atoms with Gasteiger partial charge < -0.3 is 5.11 Å². The maximum atomic E-state index is 12.1. The van der Waals surface area contributed by atoms with Crippen molar-refractivity contribution in [2.24, 2.45) is 0 Å². The summed E-state index contributed by atoms with van der Waals surface area (Å²) in [7, 11) is 0. The molecule has 2 aromatic heterocycles. The normalized spacial score (nSPS) is 26.8. The molecule has 0 bridgehead atoms. The smallest absolute Gasteiger partial charge is 0.384 e. The number of hydrogen-bond acceptors (Lipinski definition) is 5. The van der Waals surface area contributed by atoms with Gasteiger partial charge in [-0.15, -0.1) is 24.5 Å². The van der Waals surface area contributed by atoms with E-state index in [9.17, 15) is 18.3 Å². The van der Waals surface area contributed by atoms with E-state index in [1.807, 2.05) is 0 Å². The Morgan fingerprint density at radius 1 is 1.45 bits per heavy atom. The van der Waals surface area contributed by atoms with Gasteiger partial charge in [-0.25, -0.2) is 9.97 Å². The summed E-state index contributed by atoms with van der Waals surface area (Å²) >= 11 is 6.85. The lowest BCUT2D eigenvalue weighted by Crippen LogP contribution is -2.47. The summed E-state index contributed by atoms with van der Waals surface area (Å²) in [6.07, 6.45) is -4.37. The zero-order valence-corrected chi connectivity index (χ0v) is 11.4. The molecule has 1 fully saturated rings. The van der Waals surface area contributed by atoms with E-state index >= 15 is 0 Å². The zero-order valence-electron chi connectivity index (χ0n) is 9.82. The molecule has 9 heteroatoms. The highest BCUT2D eigenvalue weighted by atomic mass is 35.5. The molecule has 0 saturated heterocycles. The number of nitrogens with zero attached hydrogens (tertiary/aromatic N) is 2. The van der Waals surface area contributed by atoms with Crippen LogP contribution in [-0.2, 0) is 10.3 Å². The third-order valence-corrected chi connectivity index (χ3v) is 4.55. The predicted octanol–water partition coefficient (Wildman–Crippen LogP) is 3.23. The van der Waals surface area contributed by atoms with Crippen LogP contribution < -0.4 is 0 Å². The minimum atomic E-state index is -4.68. The Bertz CT molecular complexity index is 655. The second kappa shape index (κ2) is 4.52. The summed E-state index contributed by atoms with van der Waals surface area (Å²) < 4.78 is 40.1. The van der Waals surface area contributed by atoms with Gasteiger partial charge in [-0.2, -0.15) is 0 Å². The van der Waals surface area contributed by atoms with Crippen molar-refractivity contribution < 1.29 is 23.0 Å². The van der Waals surface area contributed by atoms with E-state index in [4.69, 9.17) is 11.6 Å². The van der Waals surface area contributed by atoms with E-state index in [1.54, 1.807) is 6.07 Å². The molecule has 20 heavy (non-hydrogen) atoms. The molecule has 0 aromatic carbocycles. The van der Waals surface area contributed by atoms with Crippen LogP contribution in [0.5, 0.6) is 0 Å². The Kier molecular flexibility index (Phi) is 3.16. The summed E-state index contributed by atoms with van der Waals surface area (Å²) in [5, 5.41) is 11.1. The Balaban J connectivity index is 1.79. The SMILES string of the molecule is OC1(c2cc3cnc(Cl)nc3s2)CC(OC(F)(F)F)C1. The van der Waals surface area contributed by atoms with E-state index < -0.39 is 18.1 Å². The molecular weight excluding hydrogens is 317 g/mol. The van der Waals surface area contributed by atoms with Crippen molar-refractivity contribution in [1.82, 2.24) is 9.97 Å². The third-order valence-electron chi connectivity index (χ3n) is 3.13. The number of thiophene rings is 1. The molecule has 0 amide bonds. The lowest BCUT2D eigenvalue weighted by Gasteiger charge is -2.42. The quantitative estimate of drug-likeness (QED) is 0.862. The fourth-order valence-electron chi connectivity index (χ4n) is 2.21. The standard InChI is InChI=1S/C11H8ClF3N2O2S/c12-9-16-4-5-1-7(20-8(5)17-9)10(18)2-6(3-10)19-11(13,14)15/h1,4,6,18H,2-3H2. The van der Waals surface area contributed by atoms with Crippen molar-refractivity contribution in [3.8, 4) is 0 Å². The average molecular weight is 325 g/mol. The zero-order chi connectivity index (χ0) is 14.5. The number of aliphatic hydroxyl groups is 1. The van der Waals surface area contributed by atoms with Crippen molar-refractivity contribution in [2.45, 2.75) is 30.9 Å². The van der Waals surface area contributed by atoms with Crippen LogP contribution in [0, 0.1) is 0 Å². The molecular formula is C11H8ClF3N2O2S. The highest BCUT2D eigenvalue weighted by Crippen LogP contribution is 2.47. The van der Waals surface area contributed by atoms with E-state index in [-0.39, 0.29) is 18.1 Å². The van der Waals surface area contributed by atoms with Crippen molar-refractivity contribution in [1.29, 1.82) is 0 Å². The number of aromatic nitrogens is 2. The highest BCUT2D eigenvalue weighted by molar-refractivity contribution is 7.18. The Morgan fingerprint density at radius 3 is 2.80 bits per heavy atom. The van der Waals surface area contributed by atoms with Gasteiger partial charge in [0, 0.05) is 29.3 Å². The maximum Gasteiger partial charge on any atom is 0.522 e. The van der Waals surface area contributed by atoms with Crippen LogP contribution >= 0.6 is 22.9 Å². The van der Waals surface area contributed by atoms with Crippen molar-refractivity contribution >= 4 is 33.2 Å². The van der Waals surface area contributed by atoms with Gasteiger partial charge in [0.05, 0.1) is 6.10 Å². The van der Waals surface area contributed by atoms with Gasteiger partial charge in [0.25, 0.3) is 0 Å². The first-order valence-corrected chi connectivity index (χ1v) is 6.84. The molecule has 0 aliphatic heterocycles. The molecule has 0 spiro atoms. The maximum absolute atomic E-state index is 12.1. The molecule has 4 nitrogen and oxygen atoms in total. The molecule has 108 valence electrons. The van der Waals surface area contributed by atoms with Gasteiger partial charge in [-0.05, 0) is 17.7 Å². The van der Waals surface area contributed by atoms with Crippen LogP contribution in [0.4, 0.5) is 13.2 Å². The van der Waals surface area contributed by atoms with Crippen LogP contribution in [0.25, 0.3) is 10.2 Å². The van der Waals surface area contributed by atoms with E-state index in [1.165, 1.54) is 17.5 Å². The van der Waals surface area contributed by atoms with Crippen LogP contribution in [0.15, 0.2) is 12.3 Å². The van der Waals surface area contributed by atoms with Gasteiger partial charge in [0.2, 0.25) is 5.28 Å². The average Bonchev–Trinajstić information content (AvgIpc) is 2.67. The Hall–Kier alpha value is -0.960. The third kappa shape index (κ3) is 2.60. The number of hydrogen-bond donors (Lipinski definition) is 1. The topological polar surface area (TPSA) is 55.2 Å². The van der Waals surface area contributed by atoms with Crippen molar-refractivity contribution in [2.75, 3.05) is 0 Å². The van der Waals surface area contributed by atoms with Crippen LogP contribution in [0.3, 0.4) is 0 Å². The van der Waals surface area contributed by atoms with Gasteiger partial charge in [0.15, 0.2) is 0 Å². The van der Waals surface area contributed by atoms with Crippen LogP contribution in [0.1, 0.15) is 17.7 Å². The Morgan fingerprint density at radius 2 is 2.15 bits per heavy atom. The van der Waals surface area contributed by atoms with E-state index in [0.717, 1.165) is 0 Å². The largest absolute Gasteiger partial charge is 0.522 e. The van der Waals surface area contributed by atoms with Crippen molar-refractivity contribution in [3.05, 3.63) is 22.4 Å². The molecule has 1 N–H and O–H groups in total. The lowest BCUT2D eigenvalue weighted by molar-refractivity contribution is -0.364. The number of alkyl halides is 3. The number of halogens is 4. The second-order valence-corrected chi connectivity index (χ2v) is 6.00. The summed E-state index contributed by atoms with van der Waals surface area (Å²) in [6.45, 7) is 0. The first-order chi connectivity index (χ1) is 9.25. The lowest BCUT2D eigenvalue weighted by atomic mass is 9.76. The van der Waals surface area contributed by atoms with Gasteiger partial charge >= 0.3 is 6.36 Å². The van der Waals surface area contributed by atoms with Crippen LogP contribution in [-0.4, -0.2) is 27.5 Å². The summed E-state index contributed by atoms with van der Waals surface area (Å²) in [5.74, 6) is 0. The monoisotopic (exact) mass is 324 g/mol. The molecule has 1 aliphatic carbocycles. The first-order valence-electron chi connectivity index (χ1n) is 5.65. The van der Waals surface area contributed by atoms with E-state index in [0.29, 0.717) is 15.1 Å². The fourth-order valence-corrected chi connectivity index (χ4v) is 3.50. The van der Waals surface area contributed by atoms with Gasteiger partial charge in [0.1, 0.15) is 10.4 Å². The number of ether oxygens (including phenoxy) is 1. The minimum Gasteiger partial charge on any atom is -0.384 e. The second-order valence-electron chi connectivity index (χ2n) is 4.64. The summed E-state index contributed by atoms with van der Waals surface area (Å²) in [6, 6.07) is 1.67. The molecule has 1 saturated carbocycles. The van der Waals surface area contributed by atoms with Gasteiger partial charge in [-0.1, -0.05) is 0 Å². The first kappa shape index (κ1) is 14.0. The number of rotatable bonds is 2. The van der Waals surface area contributed by atoms with Gasteiger partial charge in [-0.3, -0.25) is 4.74 Å². The number of fused-ring (bicyclic) bond motifs is 1. The molecule has 2 heterocycles. The molecule has 1 aliphatic rings. The molecule has 0 atom stereocenters. The fraction of sp³-hybridized carbons (Fsp3) is 0.455. The molecule has 2 aromatic rings. The molecule has 3 rings (SSSR count). The van der Waals surface area contributed by atoms with E-state index in [2.05, 4.69) is 14.7 Å². The summed E-state index contributed by atoms with van der Waals surface area (Å²) in [4.78, 5) is 8.95. The minimum absolute atomic E-state index is 0.0878. The molecule has 0 unspecified atom stereocenters. The highest BCUT2D eigenvalue weighted by Gasteiger charge is 2.50. The summed E-state index contributed by atoms with van der Waals surface area (Å²) in [5.41, 5.74) is -1.30. The predicted molar refractivity (Wildman–Crippen MR) is 66.5 cm³/mol. The van der Waals surface area contributed by atoms with Crippen molar-refractivity contribution in [3.63, 3.8) is 0 Å². The Labute approximate surface area is 120 Å². The van der Waals surface area contributed by atoms with Crippen LogP contribution in [0.2, 0.25) is 5.28 Å². The molecule has 0 radical (unpaired) electrons.